The third-order valence-electron chi connectivity index (χ3n) is 1.92. The third-order valence-corrected chi connectivity index (χ3v) is 6.75. The maximum absolute atomic E-state index is 11.7. The van der Waals surface area contributed by atoms with Crippen LogP contribution in [-0.2, 0) is 13.3 Å². The number of hydrogen-bond acceptors (Lipinski definition) is 3. The normalized spacial score (nSPS) is 13.1. The summed E-state index contributed by atoms with van der Waals surface area (Å²) in [5.74, 6) is -0.222. The van der Waals surface area contributed by atoms with Gasteiger partial charge in [0, 0.05) is 5.57 Å². The van der Waals surface area contributed by atoms with Gasteiger partial charge in [0.1, 0.15) is 0 Å². The van der Waals surface area contributed by atoms with Gasteiger partial charge < -0.3 is 8.54 Å². The first-order chi connectivity index (χ1) is 7.28. The van der Waals surface area contributed by atoms with Crippen molar-refractivity contribution in [2.24, 2.45) is 0 Å². The van der Waals surface area contributed by atoms with Crippen molar-refractivity contribution in [1.82, 2.24) is 0 Å². The summed E-state index contributed by atoms with van der Waals surface area (Å²) in [7, 11) is -3.40. The van der Waals surface area contributed by atoms with Crippen LogP contribution in [-0.4, -0.2) is 23.6 Å². The summed E-state index contributed by atoms with van der Waals surface area (Å²) in [5, 5.41) is 0. The number of carbonyl (C=O) groups excluding carboxylic acids is 1. The second-order valence-electron chi connectivity index (χ2n) is 4.63. The summed E-state index contributed by atoms with van der Waals surface area (Å²) < 4.78 is 11.2. The molecule has 0 radical (unpaired) electrons. The van der Waals surface area contributed by atoms with Crippen molar-refractivity contribution in [3.8, 4) is 0 Å². The Labute approximate surface area is 102 Å². The zero-order chi connectivity index (χ0) is 12.8. The second-order valence-corrected chi connectivity index (χ2v) is 10.7. The monoisotopic (exact) mass is 260 g/mol. The van der Waals surface area contributed by atoms with Crippen LogP contribution < -0.4 is 0 Å². The van der Waals surface area contributed by atoms with E-state index in [2.05, 4.69) is 20.0 Å². The fraction of sp³-hybridized carbons (Fsp3) is 0.727. The van der Waals surface area contributed by atoms with Crippen LogP contribution in [0.15, 0.2) is 11.6 Å². The molecule has 0 aliphatic heterocycles. The van der Waals surface area contributed by atoms with Crippen LogP contribution in [0.25, 0.3) is 0 Å². The molecule has 0 aromatic rings. The van der Waals surface area contributed by atoms with Gasteiger partial charge >= 0.3 is 14.5 Å². The largest absolute Gasteiger partial charge is 0.492 e. The van der Waals surface area contributed by atoms with Gasteiger partial charge in [-0.2, -0.15) is 0 Å². The lowest BCUT2D eigenvalue weighted by molar-refractivity contribution is -0.131. The van der Waals surface area contributed by atoms with Crippen molar-refractivity contribution in [3.05, 3.63) is 11.6 Å². The van der Waals surface area contributed by atoms with Gasteiger partial charge in [0.25, 0.3) is 0 Å². The lowest BCUT2D eigenvalue weighted by Crippen LogP contribution is -2.41. The first kappa shape index (κ1) is 15.6. The molecule has 0 atom stereocenters. The highest BCUT2D eigenvalue weighted by Gasteiger charge is 2.30. The predicted octanol–water partition coefficient (Wildman–Crippen LogP) is 2.98. The summed E-state index contributed by atoms with van der Waals surface area (Å²) in [6.07, 6.45) is 3.89. The maximum Gasteiger partial charge on any atom is 0.385 e. The Hall–Kier alpha value is -0.396. The zero-order valence-electron chi connectivity index (χ0n) is 11.3. The first-order valence-corrected chi connectivity index (χ1v) is 11.5. The van der Waals surface area contributed by atoms with Crippen LogP contribution in [0, 0.1) is 0 Å². The summed E-state index contributed by atoms with van der Waals surface area (Å²) in [4.78, 5) is 11.7. The van der Waals surface area contributed by atoms with E-state index in [0.717, 1.165) is 12.8 Å². The van der Waals surface area contributed by atoms with Crippen molar-refractivity contribution in [2.75, 3.05) is 0 Å². The summed E-state index contributed by atoms with van der Waals surface area (Å²) in [6.45, 7) is 11.9. The van der Waals surface area contributed by atoms with Gasteiger partial charge in [-0.3, -0.25) is 0 Å². The highest BCUT2D eigenvalue weighted by atomic mass is 28.4. The van der Waals surface area contributed by atoms with E-state index in [0.29, 0.717) is 5.57 Å². The minimum atomic E-state index is -2.26. The standard InChI is InChI=1S/C11H24O3Si2/c1-7-8-9-10(2)11(12)13-16(5,6)14-15(3)4/h9,15H,7-8H2,1-6H3. The number of rotatable bonds is 6. The van der Waals surface area contributed by atoms with E-state index in [1.165, 1.54) is 0 Å². The second kappa shape index (κ2) is 7.03. The molecule has 5 heteroatoms. The van der Waals surface area contributed by atoms with E-state index >= 15 is 0 Å². The van der Waals surface area contributed by atoms with Gasteiger partial charge in [-0.05, 0) is 39.5 Å². The van der Waals surface area contributed by atoms with Crippen LogP contribution in [0.3, 0.4) is 0 Å². The molecule has 0 saturated carbocycles. The lowest BCUT2D eigenvalue weighted by Gasteiger charge is -2.25. The topological polar surface area (TPSA) is 35.5 Å². The Bertz CT molecular complexity index is 260. The zero-order valence-corrected chi connectivity index (χ0v) is 13.4. The molecule has 0 N–H and O–H groups in total. The predicted molar refractivity (Wildman–Crippen MR) is 72.2 cm³/mol. The molecule has 0 aromatic carbocycles. The van der Waals surface area contributed by atoms with E-state index < -0.39 is 17.6 Å². The summed E-state index contributed by atoms with van der Waals surface area (Å²) in [6, 6.07) is 0. The number of allylic oxidation sites excluding steroid dienone is 1. The molecular weight excluding hydrogens is 236 g/mol. The van der Waals surface area contributed by atoms with Crippen molar-refractivity contribution in [2.45, 2.75) is 52.9 Å². The molecule has 0 fully saturated rings. The molecule has 0 unspecified atom stereocenters. The Morgan fingerprint density at radius 3 is 2.38 bits per heavy atom. The molecule has 0 heterocycles. The molecule has 0 amide bonds. The van der Waals surface area contributed by atoms with E-state index in [9.17, 15) is 4.79 Å². The Morgan fingerprint density at radius 1 is 1.38 bits per heavy atom. The smallest absolute Gasteiger partial charge is 0.385 e. The van der Waals surface area contributed by atoms with E-state index in [1.807, 2.05) is 19.2 Å². The minimum Gasteiger partial charge on any atom is -0.492 e. The molecule has 0 aliphatic carbocycles. The van der Waals surface area contributed by atoms with Crippen molar-refractivity contribution < 1.29 is 13.3 Å². The quantitative estimate of drug-likeness (QED) is 0.544. The van der Waals surface area contributed by atoms with Gasteiger partial charge in [0.2, 0.25) is 0 Å². The molecule has 0 aliphatic rings. The average molecular weight is 260 g/mol. The Kier molecular flexibility index (Phi) is 6.86. The molecule has 0 bridgehead atoms. The summed E-state index contributed by atoms with van der Waals surface area (Å²) >= 11 is 0. The molecule has 0 spiro atoms. The van der Waals surface area contributed by atoms with Gasteiger partial charge in [-0.15, -0.1) is 0 Å². The summed E-state index contributed by atoms with van der Waals surface area (Å²) in [5.41, 5.74) is 0.691. The number of carbonyl (C=O) groups is 1. The van der Waals surface area contributed by atoms with E-state index in [-0.39, 0.29) is 5.97 Å². The number of unbranched alkanes of at least 4 members (excludes halogenated alkanes) is 1. The third kappa shape index (κ3) is 6.97. The van der Waals surface area contributed by atoms with Crippen molar-refractivity contribution >= 4 is 23.6 Å². The maximum atomic E-state index is 11.7. The van der Waals surface area contributed by atoms with Gasteiger partial charge in [-0.25, -0.2) is 4.79 Å². The molecule has 0 rings (SSSR count). The van der Waals surface area contributed by atoms with Crippen LogP contribution in [0.2, 0.25) is 26.2 Å². The van der Waals surface area contributed by atoms with Gasteiger partial charge in [0.15, 0.2) is 9.04 Å². The molecule has 3 nitrogen and oxygen atoms in total. The van der Waals surface area contributed by atoms with Gasteiger partial charge in [-0.1, -0.05) is 19.4 Å². The molecular formula is C11H24O3Si2. The van der Waals surface area contributed by atoms with Crippen molar-refractivity contribution in [1.29, 1.82) is 0 Å². The highest BCUT2D eigenvalue weighted by molar-refractivity contribution is 6.74. The Morgan fingerprint density at radius 2 is 1.94 bits per heavy atom. The highest BCUT2D eigenvalue weighted by Crippen LogP contribution is 2.12. The minimum absolute atomic E-state index is 0.222. The van der Waals surface area contributed by atoms with E-state index in [1.54, 1.807) is 6.92 Å². The fourth-order valence-corrected chi connectivity index (χ4v) is 6.68. The molecule has 0 saturated heterocycles. The molecule has 0 aromatic heterocycles. The van der Waals surface area contributed by atoms with Crippen LogP contribution in [0.5, 0.6) is 0 Å². The van der Waals surface area contributed by atoms with Gasteiger partial charge in [0.05, 0.1) is 0 Å². The van der Waals surface area contributed by atoms with Crippen molar-refractivity contribution in [3.63, 3.8) is 0 Å². The first-order valence-electron chi connectivity index (χ1n) is 5.86. The average Bonchev–Trinajstić information content (AvgIpc) is 2.10. The Balaban J connectivity index is 4.32. The lowest BCUT2D eigenvalue weighted by atomic mass is 10.2. The van der Waals surface area contributed by atoms with Crippen LogP contribution >= 0.6 is 0 Å². The van der Waals surface area contributed by atoms with Crippen LogP contribution in [0.4, 0.5) is 0 Å². The fourth-order valence-electron chi connectivity index (χ4n) is 1.34. The van der Waals surface area contributed by atoms with Crippen LogP contribution in [0.1, 0.15) is 26.7 Å². The van der Waals surface area contributed by atoms with E-state index in [4.69, 9.17) is 8.54 Å². The molecule has 94 valence electrons. The molecule has 16 heavy (non-hydrogen) atoms. The number of hydrogen-bond donors (Lipinski definition) is 0. The SMILES string of the molecule is CCCC=C(C)C(=O)O[Si](C)(C)O[SiH](C)C.